The summed E-state index contributed by atoms with van der Waals surface area (Å²) in [5.74, 6) is 0.0243. The Kier molecular flexibility index (Phi) is 7.28. The van der Waals surface area contributed by atoms with E-state index in [1.807, 2.05) is 68.6 Å². The molecule has 1 fully saturated rings. The Balaban J connectivity index is 1.77. The van der Waals surface area contributed by atoms with Gasteiger partial charge in [0.05, 0.1) is 4.90 Å². The lowest BCUT2D eigenvalue weighted by molar-refractivity contribution is -0.719. The molecular weight excluding hydrogens is 398 g/mol. The zero-order chi connectivity index (χ0) is 21.7. The van der Waals surface area contributed by atoms with Gasteiger partial charge in [0.25, 0.3) is 5.91 Å². The zero-order valence-corrected chi connectivity index (χ0v) is 18.7. The van der Waals surface area contributed by atoms with Gasteiger partial charge in [-0.2, -0.15) is 4.31 Å². The lowest BCUT2D eigenvalue weighted by Crippen LogP contribution is -2.88. The molecular formula is C23H32N3O3S+. The fraction of sp³-hybridized carbons (Fsp3) is 0.435. The molecule has 6 nitrogen and oxygen atoms in total. The van der Waals surface area contributed by atoms with Crippen molar-refractivity contribution in [3.63, 3.8) is 0 Å². The maximum Gasteiger partial charge on any atom is 0.283 e. The van der Waals surface area contributed by atoms with Gasteiger partial charge in [-0.3, -0.25) is 4.79 Å². The van der Waals surface area contributed by atoms with Gasteiger partial charge < -0.3 is 10.6 Å². The summed E-state index contributed by atoms with van der Waals surface area (Å²) < 4.78 is 26.9. The first-order valence-electron chi connectivity index (χ1n) is 10.7. The van der Waals surface area contributed by atoms with Crippen molar-refractivity contribution in [1.29, 1.82) is 0 Å². The first-order valence-corrected chi connectivity index (χ1v) is 12.1. The van der Waals surface area contributed by atoms with Gasteiger partial charge in [0, 0.05) is 30.3 Å². The molecule has 0 radical (unpaired) electrons. The highest BCUT2D eigenvalue weighted by Gasteiger charge is 2.32. The highest BCUT2D eigenvalue weighted by atomic mass is 32.2. The molecule has 0 bridgehead atoms. The van der Waals surface area contributed by atoms with E-state index >= 15 is 0 Å². The van der Waals surface area contributed by atoms with Gasteiger partial charge in [0.15, 0.2) is 6.04 Å². The molecule has 2 aromatic rings. The standard InChI is InChI=1S/C23H31N3O3S/c1-4-26(5-2)30(28,29)21-15-11-18(12-16-21)17(3)24-22(19-9-7-6-8-10-19)23(27)25-20-13-14-20/h6-12,15-17,20,22,24H,4-5,13-14H2,1-3H3,(H,25,27)/p+1/t17-,22+/m1/s1. The highest BCUT2D eigenvalue weighted by Crippen LogP contribution is 2.21. The number of quaternary nitrogens is 1. The van der Waals surface area contributed by atoms with E-state index in [0.717, 1.165) is 24.0 Å². The third-order valence-corrected chi connectivity index (χ3v) is 7.66. The van der Waals surface area contributed by atoms with Crippen LogP contribution in [0.2, 0.25) is 0 Å². The number of carbonyl (C=O) groups excluding carboxylic acids is 1. The number of nitrogens with one attached hydrogen (secondary N) is 1. The van der Waals surface area contributed by atoms with Gasteiger partial charge >= 0.3 is 0 Å². The average Bonchev–Trinajstić information content (AvgIpc) is 3.57. The van der Waals surface area contributed by atoms with Crippen LogP contribution in [0.25, 0.3) is 0 Å². The molecule has 162 valence electrons. The van der Waals surface area contributed by atoms with E-state index < -0.39 is 10.0 Å². The van der Waals surface area contributed by atoms with Gasteiger partial charge in [-0.05, 0) is 31.9 Å². The second kappa shape index (κ2) is 9.73. The Bertz CT molecular complexity index is 937. The second-order valence-corrected chi connectivity index (χ2v) is 9.75. The molecule has 3 N–H and O–H groups in total. The van der Waals surface area contributed by atoms with Crippen molar-refractivity contribution in [2.75, 3.05) is 13.1 Å². The van der Waals surface area contributed by atoms with Crippen molar-refractivity contribution in [2.45, 2.75) is 56.6 Å². The molecule has 1 aliphatic rings. The summed E-state index contributed by atoms with van der Waals surface area (Å²) in [6.45, 7) is 6.60. The first kappa shape index (κ1) is 22.5. The molecule has 0 heterocycles. The molecule has 0 aromatic heterocycles. The van der Waals surface area contributed by atoms with Crippen LogP contribution in [-0.2, 0) is 14.8 Å². The van der Waals surface area contributed by atoms with Crippen molar-refractivity contribution >= 4 is 15.9 Å². The van der Waals surface area contributed by atoms with Crippen LogP contribution >= 0.6 is 0 Å². The van der Waals surface area contributed by atoms with Crippen LogP contribution in [0.15, 0.2) is 59.5 Å². The summed E-state index contributed by atoms with van der Waals surface area (Å²) in [5, 5.41) is 5.15. The monoisotopic (exact) mass is 430 g/mol. The molecule has 0 unspecified atom stereocenters. The number of hydrogen-bond donors (Lipinski definition) is 2. The topological polar surface area (TPSA) is 83.1 Å². The van der Waals surface area contributed by atoms with Gasteiger partial charge in [0.2, 0.25) is 10.0 Å². The molecule has 3 rings (SSSR count). The quantitative estimate of drug-likeness (QED) is 0.607. The van der Waals surface area contributed by atoms with Crippen LogP contribution in [0.4, 0.5) is 0 Å². The Morgan fingerprint density at radius 3 is 2.17 bits per heavy atom. The normalized spacial score (nSPS) is 16.3. The van der Waals surface area contributed by atoms with Gasteiger partial charge in [-0.15, -0.1) is 0 Å². The maximum absolute atomic E-state index is 12.9. The second-order valence-electron chi connectivity index (χ2n) is 7.81. The number of nitrogens with zero attached hydrogens (tertiary/aromatic N) is 1. The van der Waals surface area contributed by atoms with Crippen LogP contribution < -0.4 is 10.6 Å². The van der Waals surface area contributed by atoms with Gasteiger partial charge in [0.1, 0.15) is 6.04 Å². The number of hydrogen-bond acceptors (Lipinski definition) is 3. The van der Waals surface area contributed by atoms with Crippen molar-refractivity contribution < 1.29 is 18.5 Å². The molecule has 0 aliphatic heterocycles. The Hall–Kier alpha value is -2.22. The van der Waals surface area contributed by atoms with E-state index in [4.69, 9.17) is 0 Å². The smallest absolute Gasteiger partial charge is 0.283 e. The molecule has 2 atom stereocenters. The van der Waals surface area contributed by atoms with Crippen LogP contribution in [0, 0.1) is 0 Å². The van der Waals surface area contributed by atoms with E-state index in [1.54, 1.807) is 12.1 Å². The molecule has 1 amide bonds. The van der Waals surface area contributed by atoms with E-state index in [1.165, 1.54) is 4.31 Å². The molecule has 30 heavy (non-hydrogen) atoms. The maximum atomic E-state index is 12.9. The molecule has 2 aromatic carbocycles. The third kappa shape index (κ3) is 5.28. The minimum absolute atomic E-state index is 0.00892. The Morgan fingerprint density at radius 2 is 1.63 bits per heavy atom. The van der Waals surface area contributed by atoms with Gasteiger partial charge in [-0.25, -0.2) is 8.42 Å². The minimum Gasteiger partial charge on any atom is -0.348 e. The third-order valence-electron chi connectivity index (χ3n) is 5.60. The van der Waals surface area contributed by atoms with Crippen molar-refractivity contribution in [3.05, 3.63) is 65.7 Å². The zero-order valence-electron chi connectivity index (χ0n) is 17.9. The molecule has 1 saturated carbocycles. The summed E-state index contributed by atoms with van der Waals surface area (Å²) in [4.78, 5) is 13.2. The number of rotatable bonds is 10. The molecule has 7 heteroatoms. The lowest BCUT2D eigenvalue weighted by Gasteiger charge is -2.21. The van der Waals surface area contributed by atoms with Crippen molar-refractivity contribution in [3.8, 4) is 0 Å². The summed E-state index contributed by atoms with van der Waals surface area (Å²) in [6, 6.07) is 16.7. The molecule has 0 saturated heterocycles. The first-order chi connectivity index (χ1) is 14.4. The van der Waals surface area contributed by atoms with Gasteiger partial charge in [-0.1, -0.05) is 56.3 Å². The van der Waals surface area contributed by atoms with Crippen LogP contribution in [-0.4, -0.2) is 37.8 Å². The Labute approximate surface area is 179 Å². The van der Waals surface area contributed by atoms with Crippen LogP contribution in [0.5, 0.6) is 0 Å². The molecule has 1 aliphatic carbocycles. The fourth-order valence-corrected chi connectivity index (χ4v) is 5.04. The molecule has 0 spiro atoms. The minimum atomic E-state index is -3.47. The number of amides is 1. The predicted octanol–water partition coefficient (Wildman–Crippen LogP) is 2.36. The Morgan fingerprint density at radius 1 is 1.03 bits per heavy atom. The summed E-state index contributed by atoms with van der Waals surface area (Å²) in [6.07, 6.45) is 2.09. The number of sulfonamides is 1. The van der Waals surface area contributed by atoms with Crippen molar-refractivity contribution in [1.82, 2.24) is 9.62 Å². The number of carbonyl (C=O) groups is 1. The lowest BCUT2D eigenvalue weighted by atomic mass is 10.0. The van der Waals surface area contributed by atoms with Crippen LogP contribution in [0.3, 0.4) is 0 Å². The van der Waals surface area contributed by atoms with Crippen molar-refractivity contribution in [2.24, 2.45) is 0 Å². The van der Waals surface area contributed by atoms with E-state index in [2.05, 4.69) is 5.32 Å². The largest absolute Gasteiger partial charge is 0.348 e. The van der Waals surface area contributed by atoms with E-state index in [-0.39, 0.29) is 18.0 Å². The summed E-state index contributed by atoms with van der Waals surface area (Å²) >= 11 is 0. The SMILES string of the molecule is CCN(CC)S(=O)(=O)c1ccc([C@@H](C)[NH2+][C@H](C(=O)NC2CC2)c2ccccc2)cc1. The van der Waals surface area contributed by atoms with E-state index in [0.29, 0.717) is 24.0 Å². The fourth-order valence-electron chi connectivity index (χ4n) is 3.58. The number of nitrogens with two attached hydrogens (primary N) is 1. The van der Waals surface area contributed by atoms with Crippen LogP contribution in [0.1, 0.15) is 56.8 Å². The number of benzene rings is 2. The summed E-state index contributed by atoms with van der Waals surface area (Å²) in [7, 11) is -3.47. The average molecular weight is 431 g/mol. The highest BCUT2D eigenvalue weighted by molar-refractivity contribution is 7.89. The van der Waals surface area contributed by atoms with E-state index in [9.17, 15) is 13.2 Å². The predicted molar refractivity (Wildman–Crippen MR) is 117 cm³/mol. The summed E-state index contributed by atoms with van der Waals surface area (Å²) in [5.41, 5.74) is 1.94.